The minimum Gasteiger partial charge on any atom is -0.466 e. The Bertz CT molecular complexity index is 329. The number of phosphoric ester groups is 1. The molecule has 0 aromatic carbocycles. The minimum atomic E-state index is -4.37. The highest BCUT2D eigenvalue weighted by atomic mass is 31.2. The Morgan fingerprint density at radius 1 is 0.826 bits per heavy atom. The van der Waals surface area contributed by atoms with Gasteiger partial charge in [-0.05, 0) is 19.3 Å². The molecule has 0 aliphatic rings. The fourth-order valence-electron chi connectivity index (χ4n) is 2.23. The third-order valence-electron chi connectivity index (χ3n) is 3.55. The molecule has 2 N–H and O–H groups in total. The predicted octanol–water partition coefficient (Wildman–Crippen LogP) is 4.34. The fourth-order valence-corrected chi connectivity index (χ4v) is 2.59. The zero-order valence-corrected chi connectivity index (χ0v) is 15.3. The molecule has 0 amide bonds. The molecule has 0 saturated heterocycles. The number of carbonyl (C=O) groups excluding carboxylic acids is 1. The summed E-state index contributed by atoms with van der Waals surface area (Å²) in [4.78, 5) is 28.4. The molecule has 0 aliphatic heterocycles. The predicted molar refractivity (Wildman–Crippen MR) is 90.0 cm³/mol. The second-order valence-corrected chi connectivity index (χ2v) is 7.07. The minimum absolute atomic E-state index is 0.0277. The quantitative estimate of drug-likeness (QED) is 0.244. The van der Waals surface area contributed by atoms with Crippen molar-refractivity contribution in [3.05, 3.63) is 0 Å². The van der Waals surface area contributed by atoms with Gasteiger partial charge in [0.15, 0.2) is 0 Å². The van der Waals surface area contributed by atoms with E-state index in [0.717, 1.165) is 12.8 Å². The number of rotatable bonds is 16. The lowest BCUT2D eigenvalue weighted by Crippen LogP contribution is -2.06. The monoisotopic (exact) mass is 352 g/mol. The largest absolute Gasteiger partial charge is 0.469 e. The van der Waals surface area contributed by atoms with Gasteiger partial charge in [-0.2, -0.15) is 0 Å². The number of carbonyl (C=O) groups is 1. The van der Waals surface area contributed by atoms with Crippen molar-refractivity contribution < 1.29 is 28.4 Å². The Kier molecular flexibility index (Phi) is 14.9. The van der Waals surface area contributed by atoms with Crippen molar-refractivity contribution in [2.45, 2.75) is 84.0 Å². The highest BCUT2D eigenvalue weighted by Gasteiger charge is 2.12. The molecule has 23 heavy (non-hydrogen) atoms. The Morgan fingerprint density at radius 2 is 1.35 bits per heavy atom. The van der Waals surface area contributed by atoms with Crippen LogP contribution in [0.5, 0.6) is 0 Å². The van der Waals surface area contributed by atoms with Crippen LogP contribution in [-0.2, 0) is 18.6 Å². The lowest BCUT2D eigenvalue weighted by Gasteiger charge is -2.06. The maximum Gasteiger partial charge on any atom is 0.469 e. The summed E-state index contributed by atoms with van der Waals surface area (Å²) in [5, 5.41) is 0. The first-order valence-corrected chi connectivity index (χ1v) is 10.3. The molecule has 0 unspecified atom stereocenters. The van der Waals surface area contributed by atoms with Gasteiger partial charge in [-0.15, -0.1) is 0 Å². The van der Waals surface area contributed by atoms with Crippen molar-refractivity contribution in [2.24, 2.45) is 0 Å². The van der Waals surface area contributed by atoms with Crippen LogP contribution in [0.4, 0.5) is 0 Å². The van der Waals surface area contributed by atoms with Crippen molar-refractivity contribution in [1.29, 1.82) is 0 Å². The molecule has 0 atom stereocenters. The van der Waals surface area contributed by atoms with E-state index in [2.05, 4.69) is 11.4 Å². The van der Waals surface area contributed by atoms with Gasteiger partial charge in [-0.25, -0.2) is 4.57 Å². The molecular weight excluding hydrogens is 319 g/mol. The molecule has 0 radical (unpaired) electrons. The molecule has 138 valence electrons. The molecule has 0 heterocycles. The maximum absolute atomic E-state index is 11.5. The topological polar surface area (TPSA) is 93.1 Å². The zero-order valence-electron chi connectivity index (χ0n) is 14.4. The number of phosphoric acid groups is 1. The molecule has 0 fully saturated rings. The van der Waals surface area contributed by atoms with Crippen LogP contribution in [0.15, 0.2) is 0 Å². The summed E-state index contributed by atoms with van der Waals surface area (Å²) in [7, 11) is -4.37. The van der Waals surface area contributed by atoms with E-state index in [9.17, 15) is 9.36 Å². The van der Waals surface area contributed by atoms with Crippen LogP contribution in [-0.4, -0.2) is 29.0 Å². The number of hydrogen-bond donors (Lipinski definition) is 2. The normalized spacial score (nSPS) is 11.6. The van der Waals surface area contributed by atoms with Gasteiger partial charge in [0.1, 0.15) is 0 Å². The summed E-state index contributed by atoms with van der Waals surface area (Å²) >= 11 is 0. The van der Waals surface area contributed by atoms with E-state index in [0.29, 0.717) is 19.3 Å². The average molecular weight is 352 g/mol. The van der Waals surface area contributed by atoms with E-state index >= 15 is 0 Å². The van der Waals surface area contributed by atoms with Crippen molar-refractivity contribution >= 4 is 13.8 Å². The standard InChI is InChI=1S/C16H33O6P/c1-2-3-4-5-6-7-8-9-10-13-16(17)21-14-11-12-15-22-23(18,19)20/h2-15H2,1H3,(H2,18,19,20). The number of unbranched alkanes of at least 4 members (excludes halogenated alkanes) is 9. The average Bonchev–Trinajstić information content (AvgIpc) is 2.48. The van der Waals surface area contributed by atoms with Crippen LogP contribution in [0.25, 0.3) is 0 Å². The number of ether oxygens (including phenoxy) is 1. The second kappa shape index (κ2) is 15.1. The van der Waals surface area contributed by atoms with Gasteiger partial charge in [-0.3, -0.25) is 9.32 Å². The summed E-state index contributed by atoms with van der Waals surface area (Å²) in [6.45, 7) is 2.47. The Hall–Kier alpha value is -0.420. The molecule has 0 saturated carbocycles. The Balaban J connectivity index is 3.24. The van der Waals surface area contributed by atoms with Gasteiger partial charge in [0, 0.05) is 6.42 Å². The first-order chi connectivity index (χ1) is 11.0. The fraction of sp³-hybridized carbons (Fsp3) is 0.938. The molecule has 0 rings (SSSR count). The molecule has 6 nitrogen and oxygen atoms in total. The van der Waals surface area contributed by atoms with E-state index < -0.39 is 7.82 Å². The van der Waals surface area contributed by atoms with Crippen molar-refractivity contribution in [2.75, 3.05) is 13.2 Å². The van der Waals surface area contributed by atoms with Gasteiger partial charge < -0.3 is 14.5 Å². The molecule has 0 bridgehead atoms. The van der Waals surface area contributed by atoms with E-state index in [1.807, 2.05) is 0 Å². The zero-order chi connectivity index (χ0) is 17.4. The molecule has 7 heteroatoms. The summed E-state index contributed by atoms with van der Waals surface area (Å²) in [6, 6.07) is 0. The lowest BCUT2D eigenvalue weighted by molar-refractivity contribution is -0.143. The second-order valence-electron chi connectivity index (χ2n) is 5.83. The van der Waals surface area contributed by atoms with Crippen molar-refractivity contribution in [1.82, 2.24) is 0 Å². The Labute approximate surface area is 140 Å². The van der Waals surface area contributed by atoms with Gasteiger partial charge in [0.05, 0.1) is 13.2 Å². The molecule has 0 aromatic heterocycles. The summed E-state index contributed by atoms with van der Waals surface area (Å²) < 4.78 is 19.8. The van der Waals surface area contributed by atoms with E-state index in [-0.39, 0.29) is 19.2 Å². The summed E-state index contributed by atoms with van der Waals surface area (Å²) in [6.07, 6.45) is 12.4. The maximum atomic E-state index is 11.5. The first kappa shape index (κ1) is 22.6. The van der Waals surface area contributed by atoms with Crippen LogP contribution >= 0.6 is 7.82 Å². The van der Waals surface area contributed by atoms with Gasteiger partial charge in [0.25, 0.3) is 0 Å². The van der Waals surface area contributed by atoms with Crippen LogP contribution in [0, 0.1) is 0 Å². The first-order valence-electron chi connectivity index (χ1n) is 8.81. The van der Waals surface area contributed by atoms with Crippen molar-refractivity contribution in [3.8, 4) is 0 Å². The summed E-state index contributed by atoms with van der Waals surface area (Å²) in [5.74, 6) is -0.191. The van der Waals surface area contributed by atoms with Gasteiger partial charge in [-0.1, -0.05) is 58.3 Å². The van der Waals surface area contributed by atoms with Crippen LogP contribution in [0.3, 0.4) is 0 Å². The van der Waals surface area contributed by atoms with E-state index in [4.69, 9.17) is 14.5 Å². The van der Waals surface area contributed by atoms with E-state index in [1.165, 1.54) is 44.9 Å². The molecule has 0 aliphatic carbocycles. The summed E-state index contributed by atoms with van der Waals surface area (Å²) in [5.41, 5.74) is 0. The SMILES string of the molecule is CCCCCCCCCCCC(=O)OCCCCOP(=O)(O)O. The van der Waals surface area contributed by atoms with Gasteiger partial charge >= 0.3 is 13.8 Å². The third kappa shape index (κ3) is 19.5. The van der Waals surface area contributed by atoms with Crippen LogP contribution in [0.1, 0.15) is 84.0 Å². The lowest BCUT2D eigenvalue weighted by atomic mass is 10.1. The molecule has 0 spiro atoms. The highest BCUT2D eigenvalue weighted by Crippen LogP contribution is 2.35. The van der Waals surface area contributed by atoms with Crippen LogP contribution in [0.2, 0.25) is 0 Å². The van der Waals surface area contributed by atoms with E-state index in [1.54, 1.807) is 0 Å². The highest BCUT2D eigenvalue weighted by molar-refractivity contribution is 7.46. The smallest absolute Gasteiger partial charge is 0.466 e. The van der Waals surface area contributed by atoms with Gasteiger partial charge in [0.2, 0.25) is 0 Å². The number of hydrogen-bond acceptors (Lipinski definition) is 4. The molecular formula is C16H33O6P. The Morgan fingerprint density at radius 3 is 1.91 bits per heavy atom. The molecule has 0 aromatic rings. The van der Waals surface area contributed by atoms with Crippen LogP contribution < -0.4 is 0 Å². The van der Waals surface area contributed by atoms with Crippen molar-refractivity contribution in [3.63, 3.8) is 0 Å². The third-order valence-corrected chi connectivity index (χ3v) is 4.06. The number of esters is 1.